The van der Waals surface area contributed by atoms with Gasteiger partial charge in [0.15, 0.2) is 0 Å². The minimum Gasteiger partial charge on any atom is -0.381 e. The van der Waals surface area contributed by atoms with Crippen LogP contribution in [0, 0.1) is 6.92 Å². The summed E-state index contributed by atoms with van der Waals surface area (Å²) in [4.78, 5) is 0. The second-order valence-electron chi connectivity index (χ2n) is 3.47. The molecule has 0 aliphatic carbocycles. The van der Waals surface area contributed by atoms with Crippen LogP contribution in [0.3, 0.4) is 0 Å². The summed E-state index contributed by atoms with van der Waals surface area (Å²) in [5.74, 6) is 0.643. The predicted octanol–water partition coefficient (Wildman–Crippen LogP) is 2.50. The normalized spacial score (nSPS) is 22.9. The summed E-state index contributed by atoms with van der Waals surface area (Å²) in [5.41, 5.74) is 2.78. The Bertz CT molecular complexity index is 261. The number of rotatable bonds is 1. The van der Waals surface area contributed by atoms with E-state index >= 15 is 0 Å². The second kappa shape index (κ2) is 3.28. The maximum atomic E-state index is 5.35. The molecule has 0 amide bonds. The molecule has 0 saturated carbocycles. The lowest BCUT2D eigenvalue weighted by Gasteiger charge is -2.07. The van der Waals surface area contributed by atoms with E-state index in [4.69, 9.17) is 4.74 Å². The van der Waals surface area contributed by atoms with Gasteiger partial charge in [-0.05, 0) is 18.9 Å². The number of hydrogen-bond donors (Lipinski definition) is 0. The molecular weight excluding hydrogens is 148 g/mol. The monoisotopic (exact) mass is 162 g/mol. The Labute approximate surface area is 73.4 Å². The van der Waals surface area contributed by atoms with Crippen LogP contribution in [0.4, 0.5) is 0 Å². The zero-order chi connectivity index (χ0) is 8.39. The molecule has 0 aromatic heterocycles. The molecule has 0 bridgehead atoms. The molecule has 1 heterocycles. The molecule has 1 aliphatic rings. The first-order valence-corrected chi connectivity index (χ1v) is 4.50. The van der Waals surface area contributed by atoms with Crippen molar-refractivity contribution < 1.29 is 4.74 Å². The van der Waals surface area contributed by atoms with Crippen LogP contribution in [0.5, 0.6) is 0 Å². The fraction of sp³-hybridized carbons (Fsp3) is 0.455. The van der Waals surface area contributed by atoms with Gasteiger partial charge in [0.1, 0.15) is 0 Å². The van der Waals surface area contributed by atoms with E-state index in [0.717, 1.165) is 13.2 Å². The quantitative estimate of drug-likeness (QED) is 0.616. The van der Waals surface area contributed by atoms with Crippen molar-refractivity contribution >= 4 is 0 Å². The molecule has 64 valence electrons. The first kappa shape index (κ1) is 7.81. The van der Waals surface area contributed by atoms with Gasteiger partial charge < -0.3 is 4.74 Å². The van der Waals surface area contributed by atoms with Gasteiger partial charge in [-0.1, -0.05) is 29.8 Å². The maximum Gasteiger partial charge on any atom is 0.0535 e. The van der Waals surface area contributed by atoms with E-state index in [1.54, 1.807) is 0 Å². The molecule has 2 rings (SSSR count). The van der Waals surface area contributed by atoms with Crippen molar-refractivity contribution in [3.05, 3.63) is 35.4 Å². The molecule has 1 aromatic rings. The van der Waals surface area contributed by atoms with Crippen LogP contribution in [0.25, 0.3) is 0 Å². The molecule has 1 atom stereocenters. The molecule has 0 spiro atoms. The van der Waals surface area contributed by atoms with Crippen LogP contribution in [0.15, 0.2) is 24.3 Å². The first-order chi connectivity index (χ1) is 5.86. The lowest BCUT2D eigenvalue weighted by Crippen LogP contribution is -1.97. The zero-order valence-corrected chi connectivity index (χ0v) is 7.42. The van der Waals surface area contributed by atoms with Crippen LogP contribution < -0.4 is 0 Å². The van der Waals surface area contributed by atoms with E-state index in [-0.39, 0.29) is 0 Å². The van der Waals surface area contributed by atoms with E-state index in [0.29, 0.717) is 5.92 Å². The van der Waals surface area contributed by atoms with Crippen molar-refractivity contribution in [2.45, 2.75) is 19.3 Å². The highest BCUT2D eigenvalue weighted by Crippen LogP contribution is 2.25. The van der Waals surface area contributed by atoms with Crippen molar-refractivity contribution in [3.8, 4) is 0 Å². The van der Waals surface area contributed by atoms with Gasteiger partial charge in [-0.25, -0.2) is 0 Å². The molecule has 1 nitrogen and oxygen atoms in total. The Kier molecular flexibility index (Phi) is 2.13. The third kappa shape index (κ3) is 1.51. The fourth-order valence-corrected chi connectivity index (χ4v) is 1.72. The minimum atomic E-state index is 0.643. The highest BCUT2D eigenvalue weighted by Gasteiger charge is 2.16. The summed E-state index contributed by atoms with van der Waals surface area (Å²) < 4.78 is 5.35. The average Bonchev–Trinajstić information content (AvgIpc) is 2.56. The third-order valence-corrected chi connectivity index (χ3v) is 2.44. The largest absolute Gasteiger partial charge is 0.381 e. The molecule has 1 unspecified atom stereocenters. The van der Waals surface area contributed by atoms with E-state index in [9.17, 15) is 0 Å². The molecule has 0 radical (unpaired) electrons. The van der Waals surface area contributed by atoms with Gasteiger partial charge >= 0.3 is 0 Å². The van der Waals surface area contributed by atoms with Gasteiger partial charge in [0.05, 0.1) is 6.61 Å². The van der Waals surface area contributed by atoms with Crippen LogP contribution in [0.1, 0.15) is 23.5 Å². The van der Waals surface area contributed by atoms with Crippen molar-refractivity contribution in [3.63, 3.8) is 0 Å². The van der Waals surface area contributed by atoms with Gasteiger partial charge in [0.2, 0.25) is 0 Å². The molecule has 1 aliphatic heterocycles. The van der Waals surface area contributed by atoms with Crippen molar-refractivity contribution in [2.24, 2.45) is 0 Å². The van der Waals surface area contributed by atoms with Gasteiger partial charge in [-0.15, -0.1) is 0 Å². The van der Waals surface area contributed by atoms with Gasteiger partial charge in [0, 0.05) is 12.5 Å². The summed E-state index contributed by atoms with van der Waals surface area (Å²) in [5, 5.41) is 0. The SMILES string of the molecule is Cc1cccc(C2CCOC2)c1. The van der Waals surface area contributed by atoms with Crippen molar-refractivity contribution in [1.29, 1.82) is 0 Å². The van der Waals surface area contributed by atoms with Gasteiger partial charge in [0.25, 0.3) is 0 Å². The summed E-state index contributed by atoms with van der Waals surface area (Å²) in [7, 11) is 0. The summed E-state index contributed by atoms with van der Waals surface area (Å²) >= 11 is 0. The van der Waals surface area contributed by atoms with E-state index in [2.05, 4.69) is 31.2 Å². The fourth-order valence-electron chi connectivity index (χ4n) is 1.72. The van der Waals surface area contributed by atoms with Crippen molar-refractivity contribution in [1.82, 2.24) is 0 Å². The highest BCUT2D eigenvalue weighted by molar-refractivity contribution is 5.25. The highest BCUT2D eigenvalue weighted by atomic mass is 16.5. The maximum absolute atomic E-state index is 5.35. The second-order valence-corrected chi connectivity index (χ2v) is 3.47. The average molecular weight is 162 g/mol. The van der Waals surface area contributed by atoms with E-state index < -0.39 is 0 Å². The van der Waals surface area contributed by atoms with Crippen LogP contribution >= 0.6 is 0 Å². The third-order valence-electron chi connectivity index (χ3n) is 2.44. The van der Waals surface area contributed by atoms with Crippen LogP contribution in [-0.4, -0.2) is 13.2 Å². The zero-order valence-electron chi connectivity index (χ0n) is 7.42. The number of benzene rings is 1. The Morgan fingerprint density at radius 2 is 2.33 bits per heavy atom. The van der Waals surface area contributed by atoms with Crippen LogP contribution in [-0.2, 0) is 4.74 Å². The molecule has 12 heavy (non-hydrogen) atoms. The standard InChI is InChI=1S/C11H14O/c1-9-3-2-4-10(7-9)11-5-6-12-8-11/h2-4,7,11H,5-6,8H2,1H3. The summed E-state index contributed by atoms with van der Waals surface area (Å²) in [6, 6.07) is 8.73. The lowest BCUT2D eigenvalue weighted by molar-refractivity contribution is 0.194. The molecule has 1 saturated heterocycles. The lowest BCUT2D eigenvalue weighted by atomic mass is 9.97. The van der Waals surface area contributed by atoms with E-state index in [1.165, 1.54) is 17.5 Å². The van der Waals surface area contributed by atoms with Gasteiger partial charge in [-0.3, -0.25) is 0 Å². The van der Waals surface area contributed by atoms with Crippen LogP contribution in [0.2, 0.25) is 0 Å². The molecular formula is C11H14O. The topological polar surface area (TPSA) is 9.23 Å². The van der Waals surface area contributed by atoms with E-state index in [1.807, 2.05) is 0 Å². The predicted molar refractivity (Wildman–Crippen MR) is 49.4 cm³/mol. The summed E-state index contributed by atoms with van der Waals surface area (Å²) in [6.45, 7) is 3.97. The first-order valence-electron chi connectivity index (χ1n) is 4.50. The summed E-state index contributed by atoms with van der Waals surface area (Å²) in [6.07, 6.45) is 1.18. The number of ether oxygens (including phenoxy) is 1. The van der Waals surface area contributed by atoms with Crippen molar-refractivity contribution in [2.75, 3.05) is 13.2 Å². The number of aryl methyl sites for hydroxylation is 1. The Morgan fingerprint density at radius 1 is 1.42 bits per heavy atom. The smallest absolute Gasteiger partial charge is 0.0535 e. The molecule has 0 N–H and O–H groups in total. The van der Waals surface area contributed by atoms with Gasteiger partial charge in [-0.2, -0.15) is 0 Å². The Morgan fingerprint density at radius 3 is 3.00 bits per heavy atom. The Balaban J connectivity index is 2.21. The molecule has 1 heteroatoms. The minimum absolute atomic E-state index is 0.643. The Hall–Kier alpha value is -0.820. The molecule has 1 fully saturated rings. The molecule has 1 aromatic carbocycles. The number of hydrogen-bond acceptors (Lipinski definition) is 1.